The van der Waals surface area contributed by atoms with Gasteiger partial charge < -0.3 is 10.1 Å². The molecule has 1 fully saturated rings. The van der Waals surface area contributed by atoms with Gasteiger partial charge in [0, 0.05) is 23.9 Å². The lowest BCUT2D eigenvalue weighted by molar-refractivity contribution is -0.120. The molecule has 1 aliphatic rings. The molecule has 1 N–H and O–H groups in total. The van der Waals surface area contributed by atoms with Gasteiger partial charge >= 0.3 is 5.97 Å². The number of hydrogen-bond acceptors (Lipinski definition) is 7. The van der Waals surface area contributed by atoms with Gasteiger partial charge in [-0.25, -0.2) is 13.2 Å². The summed E-state index contributed by atoms with van der Waals surface area (Å²) in [6.45, 7) is 2.30. The van der Waals surface area contributed by atoms with E-state index >= 15 is 0 Å². The first-order chi connectivity index (χ1) is 14.8. The van der Waals surface area contributed by atoms with E-state index in [1.54, 1.807) is 18.2 Å². The SMILES string of the molecule is CCc1cc(C#N)c(NC(=O)C2CCN(S(=O)(=O)c3ccccc3C(=O)OC)CC2)s1. The number of carbonyl (C=O) groups is 2. The average molecular weight is 462 g/mol. The third kappa shape index (κ3) is 4.79. The number of sulfonamides is 1. The Morgan fingerprint density at radius 3 is 2.58 bits per heavy atom. The quantitative estimate of drug-likeness (QED) is 0.661. The Labute approximate surface area is 185 Å². The summed E-state index contributed by atoms with van der Waals surface area (Å²) in [5, 5.41) is 12.6. The third-order valence-electron chi connectivity index (χ3n) is 5.22. The molecule has 3 rings (SSSR count). The van der Waals surface area contributed by atoms with E-state index in [-0.39, 0.29) is 35.4 Å². The van der Waals surface area contributed by atoms with Crippen LogP contribution in [0.4, 0.5) is 5.00 Å². The van der Waals surface area contributed by atoms with Crippen molar-refractivity contribution in [2.75, 3.05) is 25.5 Å². The predicted molar refractivity (Wildman–Crippen MR) is 116 cm³/mol. The number of benzene rings is 1. The fraction of sp³-hybridized carbons (Fsp3) is 0.381. The molecule has 1 aromatic carbocycles. The van der Waals surface area contributed by atoms with Crippen molar-refractivity contribution in [1.82, 2.24) is 4.31 Å². The van der Waals surface area contributed by atoms with Crippen LogP contribution in [-0.4, -0.2) is 44.8 Å². The van der Waals surface area contributed by atoms with Crippen molar-refractivity contribution < 1.29 is 22.7 Å². The van der Waals surface area contributed by atoms with E-state index in [9.17, 15) is 23.3 Å². The van der Waals surface area contributed by atoms with E-state index in [1.807, 2.05) is 6.92 Å². The second kappa shape index (κ2) is 9.60. The molecule has 1 aliphatic heterocycles. The summed E-state index contributed by atoms with van der Waals surface area (Å²) in [5.41, 5.74) is 0.424. The first-order valence-corrected chi connectivity index (χ1v) is 12.1. The average Bonchev–Trinajstić information content (AvgIpc) is 3.20. The lowest BCUT2D eigenvalue weighted by Gasteiger charge is -2.30. The minimum atomic E-state index is -3.91. The number of anilines is 1. The van der Waals surface area contributed by atoms with Gasteiger partial charge in [-0.05, 0) is 37.5 Å². The summed E-state index contributed by atoms with van der Waals surface area (Å²) in [6, 6.07) is 9.79. The Bertz CT molecular complexity index is 1130. The maximum Gasteiger partial charge on any atom is 0.339 e. The summed E-state index contributed by atoms with van der Waals surface area (Å²) in [5.74, 6) is -1.29. The smallest absolute Gasteiger partial charge is 0.339 e. The number of carbonyl (C=O) groups excluding carboxylic acids is 2. The molecule has 0 saturated carbocycles. The zero-order valence-electron chi connectivity index (χ0n) is 17.3. The van der Waals surface area contributed by atoms with Gasteiger partial charge in [-0.3, -0.25) is 4.79 Å². The number of amides is 1. The monoisotopic (exact) mass is 461 g/mol. The summed E-state index contributed by atoms with van der Waals surface area (Å²) in [4.78, 5) is 25.6. The van der Waals surface area contributed by atoms with E-state index in [0.717, 1.165) is 11.3 Å². The number of esters is 1. The zero-order valence-corrected chi connectivity index (χ0v) is 18.9. The fourth-order valence-corrected chi connectivity index (χ4v) is 6.07. The lowest BCUT2D eigenvalue weighted by atomic mass is 9.97. The molecule has 2 heterocycles. The molecule has 1 saturated heterocycles. The van der Waals surface area contributed by atoms with Crippen LogP contribution in [0.5, 0.6) is 0 Å². The van der Waals surface area contributed by atoms with Gasteiger partial charge in [-0.1, -0.05) is 19.1 Å². The van der Waals surface area contributed by atoms with Crippen LogP contribution in [0.3, 0.4) is 0 Å². The van der Waals surface area contributed by atoms with Crippen molar-refractivity contribution in [3.63, 3.8) is 0 Å². The molecular weight excluding hydrogens is 438 g/mol. The molecule has 1 amide bonds. The van der Waals surface area contributed by atoms with Crippen LogP contribution >= 0.6 is 11.3 Å². The van der Waals surface area contributed by atoms with Gasteiger partial charge in [-0.15, -0.1) is 11.3 Å². The molecule has 1 aromatic heterocycles. The van der Waals surface area contributed by atoms with Gasteiger partial charge in [0.2, 0.25) is 15.9 Å². The number of nitriles is 1. The Morgan fingerprint density at radius 2 is 1.97 bits per heavy atom. The van der Waals surface area contributed by atoms with E-state index < -0.39 is 16.0 Å². The molecule has 0 bridgehead atoms. The van der Waals surface area contributed by atoms with Gasteiger partial charge in [-0.2, -0.15) is 9.57 Å². The van der Waals surface area contributed by atoms with Crippen LogP contribution in [0.25, 0.3) is 0 Å². The molecule has 0 atom stereocenters. The minimum Gasteiger partial charge on any atom is -0.465 e. The predicted octanol–water partition coefficient (Wildman–Crippen LogP) is 3.01. The van der Waals surface area contributed by atoms with E-state index in [1.165, 1.54) is 34.9 Å². The van der Waals surface area contributed by atoms with Crippen molar-refractivity contribution in [1.29, 1.82) is 5.26 Å². The van der Waals surface area contributed by atoms with E-state index in [0.29, 0.717) is 23.4 Å². The van der Waals surface area contributed by atoms with E-state index in [2.05, 4.69) is 11.4 Å². The van der Waals surface area contributed by atoms with Crippen LogP contribution in [0.2, 0.25) is 0 Å². The first-order valence-electron chi connectivity index (χ1n) is 9.83. The van der Waals surface area contributed by atoms with Crippen LogP contribution < -0.4 is 5.32 Å². The Balaban J connectivity index is 1.70. The van der Waals surface area contributed by atoms with Crippen molar-refractivity contribution >= 4 is 38.2 Å². The Kier molecular flexibility index (Phi) is 7.10. The normalized spacial score (nSPS) is 15.3. The first kappa shape index (κ1) is 22.9. The number of aryl methyl sites for hydroxylation is 1. The summed E-state index contributed by atoms with van der Waals surface area (Å²) in [7, 11) is -2.71. The van der Waals surface area contributed by atoms with Crippen molar-refractivity contribution in [3.8, 4) is 6.07 Å². The Morgan fingerprint density at radius 1 is 1.29 bits per heavy atom. The van der Waals surface area contributed by atoms with Gasteiger partial charge in [0.15, 0.2) is 0 Å². The van der Waals surface area contributed by atoms with Gasteiger partial charge in [0.05, 0.1) is 23.1 Å². The molecular formula is C21H23N3O5S2. The second-order valence-corrected chi connectivity index (χ2v) is 10.1. The summed E-state index contributed by atoms with van der Waals surface area (Å²) in [6.07, 6.45) is 1.47. The van der Waals surface area contributed by atoms with Crippen LogP contribution in [0.15, 0.2) is 35.2 Å². The number of ether oxygens (including phenoxy) is 1. The molecule has 164 valence electrons. The lowest BCUT2D eigenvalue weighted by Crippen LogP contribution is -2.41. The maximum absolute atomic E-state index is 13.1. The highest BCUT2D eigenvalue weighted by atomic mass is 32.2. The number of rotatable bonds is 6. The van der Waals surface area contributed by atoms with Crippen LogP contribution in [0.1, 0.15) is 40.6 Å². The molecule has 0 radical (unpaired) electrons. The molecule has 31 heavy (non-hydrogen) atoms. The second-order valence-electron chi connectivity index (χ2n) is 7.08. The van der Waals surface area contributed by atoms with Crippen molar-refractivity contribution in [3.05, 3.63) is 46.3 Å². The third-order valence-corrected chi connectivity index (χ3v) is 8.38. The number of hydrogen-bond donors (Lipinski definition) is 1. The van der Waals surface area contributed by atoms with Crippen LogP contribution in [-0.2, 0) is 26.0 Å². The highest BCUT2D eigenvalue weighted by Gasteiger charge is 2.34. The molecule has 0 aliphatic carbocycles. The highest BCUT2D eigenvalue weighted by molar-refractivity contribution is 7.89. The number of piperidine rings is 1. The highest BCUT2D eigenvalue weighted by Crippen LogP contribution is 2.30. The largest absolute Gasteiger partial charge is 0.465 e. The number of thiophene rings is 1. The number of methoxy groups -OCH3 is 1. The topological polar surface area (TPSA) is 117 Å². The molecule has 8 nitrogen and oxygen atoms in total. The summed E-state index contributed by atoms with van der Waals surface area (Å²) >= 11 is 1.38. The van der Waals surface area contributed by atoms with Gasteiger partial charge in [0.25, 0.3) is 0 Å². The van der Waals surface area contributed by atoms with Crippen LogP contribution in [0, 0.1) is 17.2 Å². The standard InChI is InChI=1S/C21H23N3O5S2/c1-3-16-12-15(13-22)20(30-16)23-19(25)14-8-10-24(11-9-14)31(27,28)18-7-5-4-6-17(18)21(26)29-2/h4-7,12,14H,3,8-11H2,1-2H3,(H,23,25). The number of nitrogens with one attached hydrogen (secondary N) is 1. The molecule has 0 unspecified atom stereocenters. The molecule has 10 heteroatoms. The summed E-state index contributed by atoms with van der Waals surface area (Å²) < 4.78 is 32.2. The molecule has 0 spiro atoms. The number of nitrogens with zero attached hydrogens (tertiary/aromatic N) is 2. The molecule has 2 aromatic rings. The fourth-order valence-electron chi connectivity index (χ4n) is 3.47. The maximum atomic E-state index is 13.1. The van der Waals surface area contributed by atoms with E-state index in [4.69, 9.17) is 4.74 Å². The minimum absolute atomic E-state index is 0.0154. The van der Waals surface area contributed by atoms with Crippen molar-refractivity contribution in [2.45, 2.75) is 31.1 Å². The van der Waals surface area contributed by atoms with Gasteiger partial charge in [0.1, 0.15) is 11.1 Å². The Hall–Kier alpha value is -2.74. The van der Waals surface area contributed by atoms with Crippen molar-refractivity contribution in [2.24, 2.45) is 5.92 Å². The zero-order chi connectivity index (χ0) is 22.6.